The highest BCUT2D eigenvalue weighted by atomic mass is 79.9. The summed E-state index contributed by atoms with van der Waals surface area (Å²) in [6.45, 7) is 0. The number of rotatable bonds is 5. The third-order valence-electron chi connectivity index (χ3n) is 4.71. The molecule has 2 aromatic carbocycles. The molecule has 9 nitrogen and oxygen atoms in total. The Balaban J connectivity index is 1.59. The van der Waals surface area contributed by atoms with E-state index in [9.17, 15) is 19.7 Å². The zero-order valence-electron chi connectivity index (χ0n) is 16.9. The standard InChI is InChI=1S/C22H11BrN4O5S2/c23-13-5-6-15-18(9-13)34-22(25-15)26(21(29)17-7-8-19(33-17)27(30)31)24-10-12-11-32-16-4-2-1-3-14(16)20(12)28/h1-11H/b24-10+. The van der Waals surface area contributed by atoms with Crippen LogP contribution in [0.1, 0.15) is 15.2 Å². The molecule has 5 rings (SSSR count). The Bertz CT molecular complexity index is 1670. The Labute approximate surface area is 206 Å². The molecule has 0 atom stereocenters. The number of thiazole rings is 1. The molecule has 1 amide bonds. The van der Waals surface area contributed by atoms with Gasteiger partial charge in [0.05, 0.1) is 32.3 Å². The van der Waals surface area contributed by atoms with E-state index in [1.54, 1.807) is 30.3 Å². The number of hydrogen-bond acceptors (Lipinski definition) is 9. The Morgan fingerprint density at radius 3 is 2.79 bits per heavy atom. The van der Waals surface area contributed by atoms with E-state index in [2.05, 4.69) is 26.0 Å². The van der Waals surface area contributed by atoms with Crippen LogP contribution in [-0.4, -0.2) is 22.0 Å². The normalized spacial score (nSPS) is 11.4. The van der Waals surface area contributed by atoms with Crippen LogP contribution in [-0.2, 0) is 0 Å². The summed E-state index contributed by atoms with van der Waals surface area (Å²) in [5.41, 5.74) is 0.911. The second kappa shape index (κ2) is 8.89. The predicted octanol–water partition coefficient (Wildman–Crippen LogP) is 5.82. The highest BCUT2D eigenvalue weighted by molar-refractivity contribution is 9.10. The van der Waals surface area contributed by atoms with Crippen molar-refractivity contribution in [2.75, 3.05) is 5.01 Å². The number of nitro groups is 1. The summed E-state index contributed by atoms with van der Waals surface area (Å²) < 4.78 is 7.16. The van der Waals surface area contributed by atoms with Gasteiger partial charge in [-0.15, -0.1) is 0 Å². The fourth-order valence-corrected chi connectivity index (χ4v) is 5.33. The van der Waals surface area contributed by atoms with Crippen LogP contribution in [0.25, 0.3) is 21.2 Å². The lowest BCUT2D eigenvalue weighted by Gasteiger charge is -2.12. The van der Waals surface area contributed by atoms with Gasteiger partial charge in [0.1, 0.15) is 16.7 Å². The van der Waals surface area contributed by atoms with E-state index in [0.29, 0.717) is 16.5 Å². The first-order valence-corrected chi connectivity index (χ1v) is 12.0. The quantitative estimate of drug-likeness (QED) is 0.153. The molecule has 12 heteroatoms. The number of hydrogen-bond donors (Lipinski definition) is 0. The Morgan fingerprint density at radius 2 is 2.00 bits per heavy atom. The third-order valence-corrected chi connectivity index (χ3v) is 7.23. The number of anilines is 1. The van der Waals surface area contributed by atoms with E-state index in [0.717, 1.165) is 25.5 Å². The van der Waals surface area contributed by atoms with E-state index >= 15 is 0 Å². The molecule has 0 fully saturated rings. The van der Waals surface area contributed by atoms with Crippen LogP contribution in [0, 0.1) is 10.1 Å². The maximum absolute atomic E-state index is 13.3. The Kier molecular flexibility index (Phi) is 5.77. The van der Waals surface area contributed by atoms with Crippen LogP contribution in [0.4, 0.5) is 10.1 Å². The number of carbonyl (C=O) groups is 1. The molecule has 5 aromatic rings. The van der Waals surface area contributed by atoms with Gasteiger partial charge in [-0.1, -0.05) is 50.7 Å². The van der Waals surface area contributed by atoms with E-state index in [4.69, 9.17) is 4.42 Å². The highest BCUT2D eigenvalue weighted by Crippen LogP contribution is 2.33. The molecule has 0 bridgehead atoms. The number of nitrogens with zero attached hydrogens (tertiary/aromatic N) is 4. The minimum absolute atomic E-state index is 0.106. The summed E-state index contributed by atoms with van der Waals surface area (Å²) in [6, 6.07) is 14.9. The Morgan fingerprint density at radius 1 is 1.18 bits per heavy atom. The lowest BCUT2D eigenvalue weighted by molar-refractivity contribution is -0.380. The summed E-state index contributed by atoms with van der Waals surface area (Å²) in [6.07, 6.45) is 2.49. The number of aromatic nitrogens is 1. The van der Waals surface area contributed by atoms with Gasteiger partial charge in [0.15, 0.2) is 0 Å². The Hall–Kier alpha value is -3.74. The fraction of sp³-hybridized carbons (Fsp3) is 0. The highest BCUT2D eigenvalue weighted by Gasteiger charge is 2.25. The largest absolute Gasteiger partial charge is 0.463 e. The molecule has 0 aliphatic rings. The smallest absolute Gasteiger partial charge is 0.324 e. The number of fused-ring (bicyclic) bond motifs is 2. The zero-order valence-corrected chi connectivity index (χ0v) is 20.1. The first-order chi connectivity index (χ1) is 16.4. The molecule has 3 aromatic heterocycles. The molecule has 0 saturated heterocycles. The van der Waals surface area contributed by atoms with Crippen molar-refractivity contribution in [1.29, 1.82) is 0 Å². The molecule has 0 unspecified atom stereocenters. The van der Waals surface area contributed by atoms with Crippen molar-refractivity contribution in [3.05, 3.63) is 96.1 Å². The monoisotopic (exact) mass is 554 g/mol. The number of thiophene rings is 1. The number of halogens is 1. The first-order valence-electron chi connectivity index (χ1n) is 9.60. The van der Waals surface area contributed by atoms with E-state index in [1.165, 1.54) is 35.9 Å². The van der Waals surface area contributed by atoms with Crippen LogP contribution < -0.4 is 10.4 Å². The molecule has 0 N–H and O–H groups in total. The number of amides is 1. The average Bonchev–Trinajstić information content (AvgIpc) is 3.48. The fourth-order valence-electron chi connectivity index (χ4n) is 3.11. The molecule has 0 radical (unpaired) electrons. The van der Waals surface area contributed by atoms with Gasteiger partial charge in [-0.2, -0.15) is 10.1 Å². The zero-order chi connectivity index (χ0) is 23.8. The summed E-state index contributed by atoms with van der Waals surface area (Å²) in [7, 11) is 0. The van der Waals surface area contributed by atoms with Crippen molar-refractivity contribution < 1.29 is 14.1 Å². The molecule has 0 aliphatic heterocycles. The average molecular weight is 555 g/mol. The van der Waals surface area contributed by atoms with Gasteiger partial charge in [-0.25, -0.2) is 4.98 Å². The molecule has 0 saturated carbocycles. The summed E-state index contributed by atoms with van der Waals surface area (Å²) >= 11 is 5.36. The van der Waals surface area contributed by atoms with E-state index in [-0.39, 0.29) is 26.0 Å². The van der Waals surface area contributed by atoms with E-state index in [1.807, 2.05) is 12.1 Å². The summed E-state index contributed by atoms with van der Waals surface area (Å²) in [5, 5.41) is 16.8. The number of para-hydroxylation sites is 1. The first kappa shape index (κ1) is 22.1. The maximum Gasteiger partial charge on any atom is 0.324 e. The van der Waals surface area contributed by atoms with Gasteiger partial charge in [0.25, 0.3) is 5.91 Å². The lowest BCUT2D eigenvalue weighted by Crippen LogP contribution is -2.25. The number of benzene rings is 2. The summed E-state index contributed by atoms with van der Waals surface area (Å²) in [4.78, 5) is 41.2. The summed E-state index contributed by atoms with van der Waals surface area (Å²) in [5.74, 6) is -0.613. The number of carbonyl (C=O) groups excluding carboxylic acids is 1. The second-order valence-corrected chi connectivity index (χ2v) is 9.87. The molecule has 168 valence electrons. The van der Waals surface area contributed by atoms with Crippen molar-refractivity contribution in [3.63, 3.8) is 0 Å². The molecule has 0 aliphatic carbocycles. The van der Waals surface area contributed by atoms with Crippen molar-refractivity contribution in [2.45, 2.75) is 0 Å². The molecule has 3 heterocycles. The van der Waals surface area contributed by atoms with Crippen molar-refractivity contribution in [2.24, 2.45) is 5.10 Å². The van der Waals surface area contributed by atoms with Gasteiger partial charge < -0.3 is 4.42 Å². The SMILES string of the molecule is O=C(c1ccc([N+](=O)[O-])s1)N(/N=C/c1coc2ccccc2c1=O)c1nc2ccc(Br)cc2s1. The molecule has 34 heavy (non-hydrogen) atoms. The minimum atomic E-state index is -0.613. The number of hydrazone groups is 1. The maximum atomic E-state index is 13.3. The van der Waals surface area contributed by atoms with Gasteiger partial charge in [-0.05, 0) is 36.4 Å². The van der Waals surface area contributed by atoms with Crippen LogP contribution in [0.15, 0.2) is 79.6 Å². The van der Waals surface area contributed by atoms with Crippen LogP contribution in [0.5, 0.6) is 0 Å². The second-order valence-electron chi connectivity index (χ2n) is 6.88. The van der Waals surface area contributed by atoms with Crippen molar-refractivity contribution in [1.82, 2.24) is 4.98 Å². The van der Waals surface area contributed by atoms with Crippen LogP contribution in [0.2, 0.25) is 0 Å². The molecular formula is C22H11BrN4O5S2. The van der Waals surface area contributed by atoms with Gasteiger partial charge in [0, 0.05) is 10.5 Å². The topological polar surface area (TPSA) is 119 Å². The van der Waals surface area contributed by atoms with E-state index < -0.39 is 10.8 Å². The van der Waals surface area contributed by atoms with Crippen LogP contribution in [0.3, 0.4) is 0 Å². The van der Waals surface area contributed by atoms with Gasteiger partial charge in [-0.3, -0.25) is 19.7 Å². The minimum Gasteiger partial charge on any atom is -0.463 e. The van der Waals surface area contributed by atoms with Crippen molar-refractivity contribution in [3.8, 4) is 0 Å². The van der Waals surface area contributed by atoms with Gasteiger partial charge >= 0.3 is 5.00 Å². The van der Waals surface area contributed by atoms with Crippen molar-refractivity contribution >= 4 is 82.0 Å². The van der Waals surface area contributed by atoms with Gasteiger partial charge in [0.2, 0.25) is 10.6 Å². The molecular weight excluding hydrogens is 544 g/mol. The molecule has 0 spiro atoms. The van der Waals surface area contributed by atoms with Crippen LogP contribution >= 0.6 is 38.6 Å². The predicted molar refractivity (Wildman–Crippen MR) is 135 cm³/mol. The third kappa shape index (κ3) is 4.14. The lowest BCUT2D eigenvalue weighted by atomic mass is 10.2.